The number of ether oxygens (including phenoxy) is 1. The third kappa shape index (κ3) is 5.30. The normalized spacial score (nSPS) is 20.0. The highest BCUT2D eigenvalue weighted by Crippen LogP contribution is 2.37. The van der Waals surface area contributed by atoms with Crippen molar-refractivity contribution in [2.75, 3.05) is 19.7 Å². The Hall–Kier alpha value is -1.63. The van der Waals surface area contributed by atoms with Crippen LogP contribution in [0.15, 0.2) is 24.3 Å². The Balaban J connectivity index is 1.64. The zero-order valence-corrected chi connectivity index (χ0v) is 18.9. The number of rotatable bonds is 6. The first-order valence-electron chi connectivity index (χ1n) is 10.2. The maximum Gasteiger partial charge on any atom is 0.225 e. The molecule has 5 nitrogen and oxygen atoms in total. The van der Waals surface area contributed by atoms with Crippen molar-refractivity contribution in [2.45, 2.75) is 52.1 Å². The van der Waals surface area contributed by atoms with Crippen LogP contribution in [0.3, 0.4) is 0 Å². The summed E-state index contributed by atoms with van der Waals surface area (Å²) in [6.07, 6.45) is 2.63. The Morgan fingerprint density at radius 1 is 1.34 bits per heavy atom. The molecule has 7 heteroatoms. The number of thiazole rings is 1. The molecule has 1 saturated heterocycles. The number of aryl methyl sites for hydroxylation is 1. The lowest BCUT2D eigenvalue weighted by molar-refractivity contribution is -0.134. The van der Waals surface area contributed by atoms with E-state index in [9.17, 15) is 9.90 Å². The highest BCUT2D eigenvalue weighted by molar-refractivity contribution is 7.11. The van der Waals surface area contributed by atoms with Crippen molar-refractivity contribution in [3.8, 4) is 5.75 Å². The fraction of sp³-hybridized carbons (Fsp3) is 0.545. The number of nitrogens with zero attached hydrogens (tertiary/aromatic N) is 2. The number of halogens is 1. The summed E-state index contributed by atoms with van der Waals surface area (Å²) >= 11 is 7.69. The summed E-state index contributed by atoms with van der Waals surface area (Å²) in [5.41, 5.74) is -0.0379. The van der Waals surface area contributed by atoms with Crippen LogP contribution in [0.2, 0.25) is 5.02 Å². The molecule has 29 heavy (non-hydrogen) atoms. The van der Waals surface area contributed by atoms with E-state index in [-0.39, 0.29) is 11.8 Å². The van der Waals surface area contributed by atoms with Gasteiger partial charge >= 0.3 is 0 Å². The lowest BCUT2D eigenvalue weighted by Gasteiger charge is -2.25. The van der Waals surface area contributed by atoms with Crippen LogP contribution in [0.5, 0.6) is 5.75 Å². The summed E-state index contributed by atoms with van der Waals surface area (Å²) in [5.74, 6) is 0.809. The molecule has 1 aromatic carbocycles. The molecular formula is C22H29ClN2O3S. The van der Waals surface area contributed by atoms with Crippen molar-refractivity contribution >= 4 is 28.8 Å². The molecule has 0 spiro atoms. The quantitative estimate of drug-likeness (QED) is 0.719. The Kier molecular flexibility index (Phi) is 7.19. The van der Waals surface area contributed by atoms with Crippen molar-refractivity contribution in [1.29, 1.82) is 0 Å². The van der Waals surface area contributed by atoms with Crippen LogP contribution in [0.1, 0.15) is 48.7 Å². The van der Waals surface area contributed by atoms with Gasteiger partial charge in [-0.15, -0.1) is 11.3 Å². The van der Waals surface area contributed by atoms with E-state index >= 15 is 0 Å². The average molecular weight is 437 g/mol. The summed E-state index contributed by atoms with van der Waals surface area (Å²) in [4.78, 5) is 20.0. The monoisotopic (exact) mass is 436 g/mol. The predicted molar refractivity (Wildman–Crippen MR) is 117 cm³/mol. The van der Waals surface area contributed by atoms with Gasteiger partial charge in [0.15, 0.2) is 0 Å². The standard InChI is InChI=1S/C22H29ClN2O3S/c1-15(2)20(26)25-12-6-10-22(27,11-13-25)21-24-16(3)19(29-21)9-14-28-18-8-5-4-7-17(18)23/h4-5,7-8,15,27H,6,9-14H2,1-3H3. The molecule has 0 radical (unpaired) electrons. The molecule has 0 saturated carbocycles. The Morgan fingerprint density at radius 3 is 2.83 bits per heavy atom. The molecule has 0 bridgehead atoms. The number of carbonyl (C=O) groups is 1. The van der Waals surface area contributed by atoms with E-state index in [1.165, 1.54) is 0 Å². The van der Waals surface area contributed by atoms with E-state index in [2.05, 4.69) is 4.98 Å². The van der Waals surface area contributed by atoms with Gasteiger partial charge in [0.2, 0.25) is 5.91 Å². The highest BCUT2D eigenvalue weighted by atomic mass is 35.5. The smallest absolute Gasteiger partial charge is 0.225 e. The minimum absolute atomic E-state index is 0.0204. The Morgan fingerprint density at radius 2 is 2.10 bits per heavy atom. The zero-order chi connectivity index (χ0) is 21.0. The summed E-state index contributed by atoms with van der Waals surface area (Å²) in [7, 11) is 0. The molecule has 158 valence electrons. The van der Waals surface area contributed by atoms with Crippen LogP contribution < -0.4 is 4.74 Å². The van der Waals surface area contributed by atoms with Crippen LogP contribution >= 0.6 is 22.9 Å². The van der Waals surface area contributed by atoms with Gasteiger partial charge in [-0.2, -0.15) is 0 Å². The number of likely N-dealkylation sites (tertiary alicyclic amines) is 1. The molecule has 1 unspecified atom stereocenters. The Bertz CT molecular complexity index is 854. The number of hydrogen-bond acceptors (Lipinski definition) is 5. The largest absolute Gasteiger partial charge is 0.492 e. The molecule has 1 aromatic heterocycles. The minimum atomic E-state index is -0.969. The van der Waals surface area contributed by atoms with E-state index < -0.39 is 5.60 Å². The number of aliphatic hydroxyl groups is 1. The maximum atomic E-state index is 12.3. The van der Waals surface area contributed by atoms with Crippen molar-refractivity contribution in [3.63, 3.8) is 0 Å². The number of para-hydroxylation sites is 1. The van der Waals surface area contributed by atoms with E-state index in [1.807, 2.05) is 49.9 Å². The van der Waals surface area contributed by atoms with E-state index in [1.54, 1.807) is 11.3 Å². The van der Waals surface area contributed by atoms with Crippen LogP contribution in [0.4, 0.5) is 0 Å². The molecule has 1 aliphatic heterocycles. The van der Waals surface area contributed by atoms with Gasteiger partial charge in [-0.1, -0.05) is 37.6 Å². The van der Waals surface area contributed by atoms with Crippen molar-refractivity contribution in [3.05, 3.63) is 44.9 Å². The van der Waals surface area contributed by atoms with E-state index in [0.29, 0.717) is 49.7 Å². The summed E-state index contributed by atoms with van der Waals surface area (Å²) < 4.78 is 5.80. The fourth-order valence-corrected chi connectivity index (χ4v) is 4.97. The summed E-state index contributed by atoms with van der Waals surface area (Å²) in [6, 6.07) is 7.43. The molecule has 1 N–H and O–H groups in total. The third-order valence-electron chi connectivity index (χ3n) is 5.33. The molecule has 0 aliphatic carbocycles. The number of aromatic nitrogens is 1. The molecule has 1 fully saturated rings. The molecular weight excluding hydrogens is 408 g/mol. The topological polar surface area (TPSA) is 62.7 Å². The van der Waals surface area contributed by atoms with Gasteiger partial charge in [0.05, 0.1) is 17.3 Å². The number of carbonyl (C=O) groups excluding carboxylic acids is 1. The first kappa shape index (κ1) is 22.1. The molecule has 2 aromatic rings. The van der Waals surface area contributed by atoms with Crippen LogP contribution in [-0.2, 0) is 16.8 Å². The van der Waals surface area contributed by atoms with Gasteiger partial charge in [0.1, 0.15) is 16.4 Å². The van der Waals surface area contributed by atoms with Gasteiger partial charge in [-0.25, -0.2) is 4.98 Å². The molecule has 1 amide bonds. The number of hydrogen-bond donors (Lipinski definition) is 1. The van der Waals surface area contributed by atoms with Crippen molar-refractivity contribution in [1.82, 2.24) is 9.88 Å². The van der Waals surface area contributed by atoms with Gasteiger partial charge in [0.25, 0.3) is 0 Å². The average Bonchev–Trinajstić information content (AvgIpc) is 2.94. The number of amides is 1. The molecule has 3 rings (SSSR count). The first-order valence-corrected chi connectivity index (χ1v) is 11.3. The summed E-state index contributed by atoms with van der Waals surface area (Å²) in [5, 5.41) is 12.7. The summed E-state index contributed by atoms with van der Waals surface area (Å²) in [6.45, 7) is 7.57. The van der Waals surface area contributed by atoms with Crippen molar-refractivity contribution in [2.24, 2.45) is 5.92 Å². The minimum Gasteiger partial charge on any atom is -0.492 e. The molecule has 1 aliphatic rings. The van der Waals surface area contributed by atoms with Crippen LogP contribution in [0.25, 0.3) is 0 Å². The van der Waals surface area contributed by atoms with Gasteiger partial charge in [-0.3, -0.25) is 4.79 Å². The first-order chi connectivity index (χ1) is 13.8. The fourth-order valence-electron chi connectivity index (χ4n) is 3.59. The van der Waals surface area contributed by atoms with Gasteiger partial charge in [-0.05, 0) is 31.9 Å². The zero-order valence-electron chi connectivity index (χ0n) is 17.3. The Labute approximate surface area is 181 Å². The lowest BCUT2D eigenvalue weighted by atomic mass is 9.96. The van der Waals surface area contributed by atoms with Gasteiger partial charge in [0, 0.05) is 36.7 Å². The van der Waals surface area contributed by atoms with Crippen LogP contribution in [-0.4, -0.2) is 40.6 Å². The van der Waals surface area contributed by atoms with E-state index in [4.69, 9.17) is 16.3 Å². The second-order valence-electron chi connectivity index (χ2n) is 7.92. The maximum absolute atomic E-state index is 12.3. The third-order valence-corrected chi connectivity index (χ3v) is 7.06. The van der Waals surface area contributed by atoms with Crippen molar-refractivity contribution < 1.29 is 14.6 Å². The second-order valence-corrected chi connectivity index (χ2v) is 9.41. The second kappa shape index (κ2) is 9.45. The van der Waals surface area contributed by atoms with E-state index in [0.717, 1.165) is 22.0 Å². The van der Waals surface area contributed by atoms with Gasteiger partial charge < -0.3 is 14.7 Å². The predicted octanol–water partition coefficient (Wildman–Crippen LogP) is 4.58. The molecule has 2 heterocycles. The highest BCUT2D eigenvalue weighted by Gasteiger charge is 2.36. The number of benzene rings is 1. The SMILES string of the molecule is Cc1nc(C2(O)CCCN(C(=O)C(C)C)CC2)sc1CCOc1ccccc1Cl. The lowest BCUT2D eigenvalue weighted by Crippen LogP contribution is -2.36. The molecule has 1 atom stereocenters. The van der Waals surface area contributed by atoms with Crippen LogP contribution in [0, 0.1) is 12.8 Å².